The minimum Gasteiger partial charge on any atom is -0.465 e. The molecule has 0 saturated carbocycles. The molecule has 1 heterocycles. The monoisotopic (exact) mass is 382 g/mol. The van der Waals surface area contributed by atoms with Crippen LogP contribution in [-0.2, 0) is 9.53 Å². The summed E-state index contributed by atoms with van der Waals surface area (Å²) in [5.74, 6) is -0.565. The largest absolute Gasteiger partial charge is 0.465 e. The average Bonchev–Trinajstić information content (AvgIpc) is 2.73. The first kappa shape index (κ1) is 19.7. The molecule has 0 aromatic heterocycles. The number of benzene rings is 2. The van der Waals surface area contributed by atoms with Crippen LogP contribution in [0.25, 0.3) is 0 Å². The third-order valence-electron chi connectivity index (χ3n) is 4.76. The van der Waals surface area contributed by atoms with Crippen LogP contribution in [0.5, 0.6) is 0 Å². The van der Waals surface area contributed by atoms with Crippen LogP contribution in [0.4, 0.5) is 17.1 Å². The summed E-state index contributed by atoms with van der Waals surface area (Å²) < 4.78 is 4.70. The molecule has 0 aliphatic carbocycles. The minimum absolute atomic E-state index is 0.102. The Labute approximate surface area is 165 Å². The minimum atomic E-state index is -0.409. The van der Waals surface area contributed by atoms with Crippen molar-refractivity contribution in [2.45, 2.75) is 0 Å². The summed E-state index contributed by atoms with van der Waals surface area (Å²) in [4.78, 5) is 28.4. The van der Waals surface area contributed by atoms with Crippen LogP contribution in [0.2, 0.25) is 0 Å². The second kappa shape index (κ2) is 9.23. The van der Waals surface area contributed by atoms with Crippen molar-refractivity contribution in [3.8, 4) is 0 Å². The van der Waals surface area contributed by atoms with Gasteiger partial charge in [-0.3, -0.25) is 4.79 Å². The SMILES string of the molecule is COC(=O)c1cccc(NCC(=O)Nc2ccc(N3CCN(C)CC3)cc2)c1. The molecule has 2 N–H and O–H groups in total. The molecular weight excluding hydrogens is 356 g/mol. The van der Waals surface area contributed by atoms with Crippen LogP contribution in [0, 0.1) is 0 Å². The summed E-state index contributed by atoms with van der Waals surface area (Å²) in [5, 5.41) is 5.90. The van der Waals surface area contributed by atoms with Crippen LogP contribution in [0.1, 0.15) is 10.4 Å². The molecule has 1 aliphatic heterocycles. The molecule has 1 saturated heterocycles. The molecule has 1 amide bonds. The van der Waals surface area contributed by atoms with Crippen LogP contribution < -0.4 is 15.5 Å². The van der Waals surface area contributed by atoms with Gasteiger partial charge < -0.3 is 25.2 Å². The lowest BCUT2D eigenvalue weighted by molar-refractivity contribution is -0.114. The van der Waals surface area contributed by atoms with Gasteiger partial charge in [0, 0.05) is 43.2 Å². The third-order valence-corrected chi connectivity index (χ3v) is 4.76. The maximum atomic E-state index is 12.2. The summed E-state index contributed by atoms with van der Waals surface area (Å²) in [6, 6.07) is 14.8. The topological polar surface area (TPSA) is 73.9 Å². The first-order valence-electron chi connectivity index (χ1n) is 9.31. The summed E-state index contributed by atoms with van der Waals surface area (Å²) >= 11 is 0. The Hall–Kier alpha value is -3.06. The van der Waals surface area contributed by atoms with Crippen molar-refractivity contribution in [1.29, 1.82) is 0 Å². The Balaban J connectivity index is 1.50. The zero-order chi connectivity index (χ0) is 19.9. The third kappa shape index (κ3) is 5.23. The molecule has 7 heteroatoms. The molecule has 148 valence electrons. The van der Waals surface area contributed by atoms with Crippen LogP contribution >= 0.6 is 0 Å². The Bertz CT molecular complexity index is 815. The smallest absolute Gasteiger partial charge is 0.337 e. The van der Waals surface area contributed by atoms with Crippen molar-refractivity contribution in [3.63, 3.8) is 0 Å². The van der Waals surface area contributed by atoms with Gasteiger partial charge in [0.2, 0.25) is 5.91 Å². The Morgan fingerprint density at radius 1 is 1.00 bits per heavy atom. The number of hydrogen-bond donors (Lipinski definition) is 2. The highest BCUT2D eigenvalue weighted by molar-refractivity contribution is 5.94. The van der Waals surface area contributed by atoms with Gasteiger partial charge in [0.15, 0.2) is 0 Å². The Morgan fingerprint density at radius 2 is 1.71 bits per heavy atom. The van der Waals surface area contributed by atoms with E-state index in [2.05, 4.69) is 27.5 Å². The van der Waals surface area contributed by atoms with Gasteiger partial charge in [-0.25, -0.2) is 4.79 Å². The fourth-order valence-electron chi connectivity index (χ4n) is 3.08. The van der Waals surface area contributed by atoms with E-state index in [9.17, 15) is 9.59 Å². The lowest BCUT2D eigenvalue weighted by Gasteiger charge is -2.34. The first-order valence-corrected chi connectivity index (χ1v) is 9.31. The quantitative estimate of drug-likeness (QED) is 0.747. The summed E-state index contributed by atoms with van der Waals surface area (Å²) in [6.07, 6.45) is 0. The number of carbonyl (C=O) groups is 2. The van der Waals surface area contributed by atoms with Crippen molar-refractivity contribution in [3.05, 3.63) is 54.1 Å². The van der Waals surface area contributed by atoms with E-state index in [-0.39, 0.29) is 12.5 Å². The van der Waals surface area contributed by atoms with Crippen LogP contribution in [0.3, 0.4) is 0 Å². The summed E-state index contributed by atoms with van der Waals surface area (Å²) in [5.41, 5.74) is 3.05. The molecule has 0 unspecified atom stereocenters. The second-order valence-corrected chi connectivity index (χ2v) is 6.81. The number of anilines is 3. The molecule has 28 heavy (non-hydrogen) atoms. The molecule has 2 aromatic rings. The van der Waals surface area contributed by atoms with Gasteiger partial charge in [-0.2, -0.15) is 0 Å². The maximum absolute atomic E-state index is 12.2. The van der Waals surface area contributed by atoms with Gasteiger partial charge in [-0.15, -0.1) is 0 Å². The van der Waals surface area contributed by atoms with Gasteiger partial charge in [-0.1, -0.05) is 6.07 Å². The molecule has 0 spiro atoms. The summed E-state index contributed by atoms with van der Waals surface area (Å²) in [6.45, 7) is 4.24. The lowest BCUT2D eigenvalue weighted by Crippen LogP contribution is -2.44. The van der Waals surface area contributed by atoms with Crippen molar-refractivity contribution in [2.75, 3.05) is 62.4 Å². The van der Waals surface area contributed by atoms with Gasteiger partial charge in [0.25, 0.3) is 0 Å². The van der Waals surface area contributed by atoms with Crippen molar-refractivity contribution in [2.24, 2.45) is 0 Å². The number of methoxy groups -OCH3 is 1. The zero-order valence-electron chi connectivity index (χ0n) is 16.3. The van der Waals surface area contributed by atoms with E-state index in [4.69, 9.17) is 4.74 Å². The number of ether oxygens (including phenoxy) is 1. The average molecular weight is 382 g/mol. The van der Waals surface area contributed by atoms with Gasteiger partial charge in [0.1, 0.15) is 0 Å². The molecule has 7 nitrogen and oxygen atoms in total. The number of carbonyl (C=O) groups excluding carboxylic acids is 2. The maximum Gasteiger partial charge on any atom is 0.337 e. The van der Waals surface area contributed by atoms with E-state index in [1.54, 1.807) is 24.3 Å². The summed E-state index contributed by atoms with van der Waals surface area (Å²) in [7, 11) is 3.47. The molecule has 2 aromatic carbocycles. The molecule has 1 aliphatic rings. The Kier molecular flexibility index (Phi) is 6.49. The van der Waals surface area contributed by atoms with E-state index in [0.717, 1.165) is 31.9 Å². The van der Waals surface area contributed by atoms with Gasteiger partial charge >= 0.3 is 5.97 Å². The number of rotatable bonds is 6. The standard InChI is InChI=1S/C21H26N4O3/c1-24-10-12-25(13-11-24)19-8-6-17(7-9-19)23-20(26)15-22-18-5-3-4-16(14-18)21(27)28-2/h3-9,14,22H,10-13,15H2,1-2H3,(H,23,26). The number of esters is 1. The number of piperazine rings is 1. The van der Waals surface area contributed by atoms with E-state index in [1.165, 1.54) is 12.8 Å². The molecule has 3 rings (SSSR count). The van der Waals surface area contributed by atoms with E-state index < -0.39 is 5.97 Å². The molecule has 0 radical (unpaired) electrons. The number of likely N-dealkylation sites (N-methyl/N-ethyl adjacent to an activating group) is 1. The normalized spacial score (nSPS) is 14.4. The Morgan fingerprint density at radius 3 is 2.39 bits per heavy atom. The number of nitrogens with zero attached hydrogens (tertiary/aromatic N) is 2. The van der Waals surface area contributed by atoms with Crippen molar-refractivity contribution >= 4 is 28.9 Å². The predicted octanol–water partition coefficient (Wildman–Crippen LogP) is 2.28. The zero-order valence-corrected chi connectivity index (χ0v) is 16.3. The number of nitrogens with one attached hydrogen (secondary N) is 2. The fraction of sp³-hybridized carbons (Fsp3) is 0.333. The first-order chi connectivity index (χ1) is 13.5. The van der Waals surface area contributed by atoms with E-state index in [1.807, 2.05) is 24.3 Å². The van der Waals surface area contributed by atoms with E-state index >= 15 is 0 Å². The van der Waals surface area contributed by atoms with E-state index in [0.29, 0.717) is 11.3 Å². The van der Waals surface area contributed by atoms with Gasteiger partial charge in [-0.05, 0) is 49.5 Å². The van der Waals surface area contributed by atoms with Crippen molar-refractivity contribution in [1.82, 2.24) is 4.90 Å². The highest BCUT2D eigenvalue weighted by Gasteiger charge is 2.14. The number of amides is 1. The highest BCUT2D eigenvalue weighted by atomic mass is 16.5. The lowest BCUT2D eigenvalue weighted by atomic mass is 10.2. The van der Waals surface area contributed by atoms with Crippen LogP contribution in [0.15, 0.2) is 48.5 Å². The second-order valence-electron chi connectivity index (χ2n) is 6.81. The predicted molar refractivity (Wildman–Crippen MR) is 111 cm³/mol. The highest BCUT2D eigenvalue weighted by Crippen LogP contribution is 2.19. The van der Waals surface area contributed by atoms with Crippen molar-refractivity contribution < 1.29 is 14.3 Å². The van der Waals surface area contributed by atoms with Crippen LogP contribution in [-0.4, -0.2) is 63.7 Å². The fourth-order valence-corrected chi connectivity index (χ4v) is 3.08. The molecule has 1 fully saturated rings. The molecule has 0 bridgehead atoms. The van der Waals surface area contributed by atoms with Gasteiger partial charge in [0.05, 0.1) is 19.2 Å². The number of hydrogen-bond acceptors (Lipinski definition) is 6. The molecule has 0 atom stereocenters. The molecular formula is C21H26N4O3.